The zero-order valence-corrected chi connectivity index (χ0v) is 8.29. The minimum Gasteiger partial charge on any atom is -0.375 e. The normalized spacial score (nSPS) is 54.7. The third-order valence-electron chi connectivity index (χ3n) is 3.93. The van der Waals surface area contributed by atoms with Gasteiger partial charge in [-0.1, -0.05) is 0 Å². The summed E-state index contributed by atoms with van der Waals surface area (Å²) in [6, 6.07) is 0. The first-order valence-corrected chi connectivity index (χ1v) is 5.53. The number of fused-ring (bicyclic) bond motifs is 1. The van der Waals surface area contributed by atoms with E-state index in [1.807, 2.05) is 0 Å². The highest BCUT2D eigenvalue weighted by molar-refractivity contribution is 4.97. The molecular formula is C11H18O2. The quantitative estimate of drug-likeness (QED) is 0.570. The average molecular weight is 182 g/mol. The Morgan fingerprint density at radius 1 is 1.31 bits per heavy atom. The van der Waals surface area contributed by atoms with Crippen LogP contribution in [0.1, 0.15) is 32.6 Å². The van der Waals surface area contributed by atoms with Crippen LogP contribution in [0.3, 0.4) is 0 Å². The van der Waals surface area contributed by atoms with Crippen molar-refractivity contribution in [3.8, 4) is 0 Å². The lowest BCUT2D eigenvalue weighted by Gasteiger charge is -2.26. The molecule has 2 saturated heterocycles. The van der Waals surface area contributed by atoms with Gasteiger partial charge < -0.3 is 9.47 Å². The molecule has 74 valence electrons. The first-order valence-electron chi connectivity index (χ1n) is 5.53. The van der Waals surface area contributed by atoms with Crippen LogP contribution in [0.4, 0.5) is 0 Å². The second-order valence-electron chi connectivity index (χ2n) is 5.11. The van der Waals surface area contributed by atoms with Gasteiger partial charge in [0.25, 0.3) is 0 Å². The summed E-state index contributed by atoms with van der Waals surface area (Å²) in [5, 5.41) is 0. The molecule has 3 fully saturated rings. The molecule has 2 heteroatoms. The minimum absolute atomic E-state index is 0.118. The van der Waals surface area contributed by atoms with E-state index in [0.29, 0.717) is 6.10 Å². The number of hydrogen-bond acceptors (Lipinski definition) is 2. The van der Waals surface area contributed by atoms with Gasteiger partial charge in [-0.05, 0) is 38.0 Å². The molecule has 3 aliphatic rings. The summed E-state index contributed by atoms with van der Waals surface area (Å²) < 4.78 is 11.7. The smallest absolute Gasteiger partial charge is 0.0939 e. The summed E-state index contributed by atoms with van der Waals surface area (Å²) in [5.41, 5.74) is 0.118. The van der Waals surface area contributed by atoms with Gasteiger partial charge in [-0.15, -0.1) is 0 Å². The Morgan fingerprint density at radius 3 is 3.00 bits per heavy atom. The van der Waals surface area contributed by atoms with Crippen molar-refractivity contribution in [2.75, 3.05) is 13.2 Å². The Hall–Kier alpha value is -0.0800. The van der Waals surface area contributed by atoms with Gasteiger partial charge in [0, 0.05) is 6.42 Å². The molecule has 2 heterocycles. The van der Waals surface area contributed by atoms with Crippen molar-refractivity contribution in [3.63, 3.8) is 0 Å². The predicted molar refractivity (Wildman–Crippen MR) is 49.5 cm³/mol. The molecule has 0 aromatic rings. The molecule has 1 spiro atoms. The van der Waals surface area contributed by atoms with E-state index in [9.17, 15) is 0 Å². The van der Waals surface area contributed by atoms with E-state index in [4.69, 9.17) is 9.47 Å². The topological polar surface area (TPSA) is 18.5 Å². The van der Waals surface area contributed by atoms with Crippen molar-refractivity contribution >= 4 is 0 Å². The largest absolute Gasteiger partial charge is 0.375 e. The standard InChI is InChI=1S/C11H18O2/c1-8-5-11(7-12-8)3-2-9-4-10(9)6-13-11/h8-10H,2-7H2,1H3/t8-,9-,10+,11-/m1/s1. The molecular weight excluding hydrogens is 164 g/mol. The summed E-state index contributed by atoms with van der Waals surface area (Å²) in [6.45, 7) is 4.00. The molecule has 0 aromatic carbocycles. The fourth-order valence-electron chi connectivity index (χ4n) is 2.88. The predicted octanol–water partition coefficient (Wildman–Crippen LogP) is 1.98. The third-order valence-corrected chi connectivity index (χ3v) is 3.93. The highest BCUT2D eigenvalue weighted by Gasteiger charge is 2.47. The van der Waals surface area contributed by atoms with Gasteiger partial charge in [0.15, 0.2) is 0 Å². The van der Waals surface area contributed by atoms with Gasteiger partial charge in [-0.25, -0.2) is 0 Å². The van der Waals surface area contributed by atoms with Crippen LogP contribution in [0.5, 0.6) is 0 Å². The molecule has 0 N–H and O–H groups in total. The molecule has 0 aromatic heterocycles. The van der Waals surface area contributed by atoms with E-state index in [1.54, 1.807) is 0 Å². The Labute approximate surface area is 79.6 Å². The maximum Gasteiger partial charge on any atom is 0.0939 e. The molecule has 0 unspecified atom stereocenters. The lowest BCUT2D eigenvalue weighted by atomic mass is 9.93. The molecule has 13 heavy (non-hydrogen) atoms. The molecule has 0 radical (unpaired) electrons. The Kier molecular flexibility index (Phi) is 1.72. The first kappa shape index (κ1) is 8.25. The molecule has 2 aliphatic heterocycles. The van der Waals surface area contributed by atoms with E-state index in [0.717, 1.165) is 31.5 Å². The molecule has 0 amide bonds. The van der Waals surface area contributed by atoms with Crippen molar-refractivity contribution < 1.29 is 9.47 Å². The van der Waals surface area contributed by atoms with Gasteiger partial charge >= 0.3 is 0 Å². The highest BCUT2D eigenvalue weighted by atomic mass is 16.6. The SMILES string of the molecule is C[C@@H]1C[C@]2(CC[C@@H]3C[C@H]3CO2)CO1. The number of hydrogen-bond donors (Lipinski definition) is 0. The van der Waals surface area contributed by atoms with E-state index in [-0.39, 0.29) is 5.60 Å². The lowest BCUT2D eigenvalue weighted by molar-refractivity contribution is -0.0531. The van der Waals surface area contributed by atoms with Gasteiger partial charge in [-0.3, -0.25) is 0 Å². The van der Waals surface area contributed by atoms with E-state index >= 15 is 0 Å². The zero-order valence-electron chi connectivity index (χ0n) is 8.29. The summed E-state index contributed by atoms with van der Waals surface area (Å²) in [6.07, 6.45) is 5.56. The molecule has 1 saturated carbocycles. The van der Waals surface area contributed by atoms with Crippen LogP contribution in [0.2, 0.25) is 0 Å². The maximum atomic E-state index is 6.05. The van der Waals surface area contributed by atoms with Crippen LogP contribution in [0, 0.1) is 11.8 Å². The van der Waals surface area contributed by atoms with Gasteiger partial charge in [-0.2, -0.15) is 0 Å². The lowest BCUT2D eigenvalue weighted by Crippen LogP contribution is -2.33. The minimum atomic E-state index is 0.118. The summed E-state index contributed by atoms with van der Waals surface area (Å²) >= 11 is 0. The Morgan fingerprint density at radius 2 is 2.23 bits per heavy atom. The van der Waals surface area contributed by atoms with Gasteiger partial charge in [0.05, 0.1) is 24.9 Å². The van der Waals surface area contributed by atoms with Gasteiger partial charge in [0.2, 0.25) is 0 Å². The van der Waals surface area contributed by atoms with E-state index in [2.05, 4.69) is 6.92 Å². The highest BCUT2D eigenvalue weighted by Crippen LogP contribution is 2.48. The summed E-state index contributed by atoms with van der Waals surface area (Å²) in [5.74, 6) is 1.89. The van der Waals surface area contributed by atoms with Crippen molar-refractivity contribution in [1.82, 2.24) is 0 Å². The second-order valence-corrected chi connectivity index (χ2v) is 5.11. The Balaban J connectivity index is 1.70. The van der Waals surface area contributed by atoms with Crippen LogP contribution in [-0.2, 0) is 9.47 Å². The van der Waals surface area contributed by atoms with Crippen molar-refractivity contribution in [2.24, 2.45) is 11.8 Å². The zero-order chi connectivity index (χ0) is 8.89. The van der Waals surface area contributed by atoms with Crippen LogP contribution < -0.4 is 0 Å². The van der Waals surface area contributed by atoms with Crippen LogP contribution in [0.25, 0.3) is 0 Å². The first-order chi connectivity index (χ1) is 6.27. The summed E-state index contributed by atoms with van der Waals surface area (Å²) in [7, 11) is 0. The molecule has 2 nitrogen and oxygen atoms in total. The van der Waals surface area contributed by atoms with E-state index < -0.39 is 0 Å². The van der Waals surface area contributed by atoms with Crippen LogP contribution >= 0.6 is 0 Å². The van der Waals surface area contributed by atoms with Crippen molar-refractivity contribution in [1.29, 1.82) is 0 Å². The monoisotopic (exact) mass is 182 g/mol. The molecule has 1 aliphatic carbocycles. The number of rotatable bonds is 0. The third kappa shape index (κ3) is 1.40. The number of ether oxygens (including phenoxy) is 2. The van der Waals surface area contributed by atoms with Crippen molar-refractivity contribution in [3.05, 3.63) is 0 Å². The fraction of sp³-hybridized carbons (Fsp3) is 1.00. The second kappa shape index (κ2) is 2.71. The molecule has 3 rings (SSSR count). The summed E-state index contributed by atoms with van der Waals surface area (Å²) in [4.78, 5) is 0. The van der Waals surface area contributed by atoms with Crippen LogP contribution in [0.15, 0.2) is 0 Å². The van der Waals surface area contributed by atoms with Crippen LogP contribution in [-0.4, -0.2) is 24.9 Å². The molecule has 4 atom stereocenters. The average Bonchev–Trinajstić information content (AvgIpc) is 2.78. The Bertz CT molecular complexity index is 202. The van der Waals surface area contributed by atoms with E-state index in [1.165, 1.54) is 19.3 Å². The van der Waals surface area contributed by atoms with Crippen molar-refractivity contribution in [2.45, 2.75) is 44.3 Å². The fourth-order valence-corrected chi connectivity index (χ4v) is 2.88. The molecule has 0 bridgehead atoms. The maximum absolute atomic E-state index is 6.05. The van der Waals surface area contributed by atoms with Gasteiger partial charge in [0.1, 0.15) is 0 Å².